The summed E-state index contributed by atoms with van der Waals surface area (Å²) in [6, 6.07) is 16.2. The first-order valence-corrected chi connectivity index (χ1v) is 5.86. The summed E-state index contributed by atoms with van der Waals surface area (Å²) in [7, 11) is 0. The molecule has 0 radical (unpaired) electrons. The molecular formula is C14H11ClN2. The molecule has 3 heteroatoms. The highest BCUT2D eigenvalue weighted by Gasteiger charge is 2.03. The molecule has 0 bridgehead atoms. The van der Waals surface area contributed by atoms with Crippen molar-refractivity contribution in [3.05, 3.63) is 65.4 Å². The summed E-state index contributed by atoms with van der Waals surface area (Å²) in [5.41, 5.74) is 2.19. The molecule has 3 aromatic rings. The average molecular weight is 243 g/mol. The highest BCUT2D eigenvalue weighted by molar-refractivity contribution is 6.29. The fourth-order valence-corrected chi connectivity index (χ4v) is 2.09. The quantitative estimate of drug-likeness (QED) is 0.626. The Morgan fingerprint density at radius 1 is 1.00 bits per heavy atom. The predicted octanol–water partition coefficient (Wildman–Crippen LogP) is 3.74. The lowest BCUT2D eigenvalue weighted by Gasteiger charge is -2.04. The summed E-state index contributed by atoms with van der Waals surface area (Å²) in [4.78, 5) is 4.36. The van der Waals surface area contributed by atoms with Crippen LogP contribution in [0.1, 0.15) is 5.56 Å². The van der Waals surface area contributed by atoms with Crippen molar-refractivity contribution >= 4 is 22.6 Å². The Kier molecular flexibility index (Phi) is 2.57. The Hall–Kier alpha value is -1.80. The van der Waals surface area contributed by atoms with Crippen LogP contribution in [0, 0.1) is 0 Å². The molecule has 84 valence electrons. The molecule has 0 saturated carbocycles. The van der Waals surface area contributed by atoms with E-state index >= 15 is 0 Å². The van der Waals surface area contributed by atoms with Crippen molar-refractivity contribution < 1.29 is 0 Å². The summed E-state index contributed by atoms with van der Waals surface area (Å²) in [6.45, 7) is 0.817. The first-order valence-electron chi connectivity index (χ1n) is 5.48. The lowest BCUT2D eigenvalue weighted by Crippen LogP contribution is -1.98. The van der Waals surface area contributed by atoms with Crippen LogP contribution in [-0.4, -0.2) is 9.55 Å². The molecule has 1 aromatic carbocycles. The summed E-state index contributed by atoms with van der Waals surface area (Å²) in [6.07, 6.45) is 2.04. The van der Waals surface area contributed by atoms with E-state index in [4.69, 9.17) is 11.6 Å². The van der Waals surface area contributed by atoms with E-state index in [2.05, 4.69) is 27.8 Å². The Morgan fingerprint density at radius 2 is 1.82 bits per heavy atom. The topological polar surface area (TPSA) is 17.8 Å². The van der Waals surface area contributed by atoms with Crippen LogP contribution in [0.2, 0.25) is 5.15 Å². The summed E-state index contributed by atoms with van der Waals surface area (Å²) in [5.74, 6) is 0. The number of halogens is 1. The number of pyridine rings is 1. The van der Waals surface area contributed by atoms with Gasteiger partial charge in [-0.1, -0.05) is 41.9 Å². The normalized spacial score (nSPS) is 10.9. The van der Waals surface area contributed by atoms with Crippen LogP contribution in [0.5, 0.6) is 0 Å². The van der Waals surface area contributed by atoms with Crippen LogP contribution in [0.3, 0.4) is 0 Å². The molecule has 0 aliphatic heterocycles. The molecule has 2 heterocycles. The van der Waals surface area contributed by atoms with Crippen molar-refractivity contribution in [1.82, 2.24) is 9.55 Å². The van der Waals surface area contributed by atoms with Crippen LogP contribution in [0.15, 0.2) is 54.7 Å². The third kappa shape index (κ3) is 2.04. The van der Waals surface area contributed by atoms with E-state index in [1.54, 1.807) is 0 Å². The fraction of sp³-hybridized carbons (Fsp3) is 0.0714. The molecular weight excluding hydrogens is 232 g/mol. The molecule has 0 atom stereocenters. The van der Waals surface area contributed by atoms with Crippen LogP contribution < -0.4 is 0 Å². The number of fused-ring (bicyclic) bond motifs is 1. The second-order valence-electron chi connectivity index (χ2n) is 3.98. The molecule has 0 fully saturated rings. The molecule has 0 spiro atoms. The van der Waals surface area contributed by atoms with Gasteiger partial charge in [0.1, 0.15) is 10.8 Å². The van der Waals surface area contributed by atoms with Crippen molar-refractivity contribution in [2.45, 2.75) is 6.54 Å². The van der Waals surface area contributed by atoms with Gasteiger partial charge in [-0.2, -0.15) is 0 Å². The number of nitrogens with zero attached hydrogens (tertiary/aromatic N) is 2. The van der Waals surface area contributed by atoms with Gasteiger partial charge in [-0.05, 0) is 23.8 Å². The number of rotatable bonds is 2. The molecule has 0 aliphatic rings. The minimum atomic E-state index is 0.533. The standard InChI is InChI=1S/C14H11ClN2/c15-13-7-6-12-8-9-17(14(12)16-13)10-11-4-2-1-3-5-11/h1-9H,10H2. The highest BCUT2D eigenvalue weighted by atomic mass is 35.5. The molecule has 0 amide bonds. The first-order chi connectivity index (χ1) is 8.33. The average Bonchev–Trinajstić information content (AvgIpc) is 2.73. The van der Waals surface area contributed by atoms with Crippen molar-refractivity contribution in [3.8, 4) is 0 Å². The monoisotopic (exact) mass is 242 g/mol. The summed E-state index contributed by atoms with van der Waals surface area (Å²) < 4.78 is 2.11. The third-order valence-electron chi connectivity index (χ3n) is 2.77. The fourth-order valence-electron chi connectivity index (χ4n) is 1.94. The number of aromatic nitrogens is 2. The molecule has 17 heavy (non-hydrogen) atoms. The van der Waals surface area contributed by atoms with E-state index in [9.17, 15) is 0 Å². The zero-order valence-electron chi connectivity index (χ0n) is 9.18. The van der Waals surface area contributed by atoms with E-state index in [0.717, 1.165) is 17.6 Å². The van der Waals surface area contributed by atoms with Gasteiger partial charge in [0, 0.05) is 18.1 Å². The second-order valence-corrected chi connectivity index (χ2v) is 4.36. The van der Waals surface area contributed by atoms with Crippen LogP contribution >= 0.6 is 11.6 Å². The maximum atomic E-state index is 5.93. The van der Waals surface area contributed by atoms with Crippen molar-refractivity contribution in [1.29, 1.82) is 0 Å². The minimum absolute atomic E-state index is 0.533. The SMILES string of the molecule is Clc1ccc2ccn(Cc3ccccc3)c2n1. The van der Waals surface area contributed by atoms with Gasteiger partial charge in [-0.15, -0.1) is 0 Å². The van der Waals surface area contributed by atoms with Crippen molar-refractivity contribution in [3.63, 3.8) is 0 Å². The number of benzene rings is 1. The maximum Gasteiger partial charge on any atom is 0.141 e. The Balaban J connectivity index is 2.03. The van der Waals surface area contributed by atoms with Gasteiger partial charge in [0.05, 0.1) is 0 Å². The molecule has 3 rings (SSSR count). The van der Waals surface area contributed by atoms with E-state index < -0.39 is 0 Å². The van der Waals surface area contributed by atoms with E-state index in [-0.39, 0.29) is 0 Å². The molecule has 2 aromatic heterocycles. The van der Waals surface area contributed by atoms with Gasteiger partial charge in [-0.3, -0.25) is 0 Å². The smallest absolute Gasteiger partial charge is 0.141 e. The lowest BCUT2D eigenvalue weighted by atomic mass is 10.2. The van der Waals surface area contributed by atoms with Crippen LogP contribution in [0.25, 0.3) is 11.0 Å². The van der Waals surface area contributed by atoms with Crippen molar-refractivity contribution in [2.75, 3.05) is 0 Å². The Morgan fingerprint density at radius 3 is 2.65 bits per heavy atom. The third-order valence-corrected chi connectivity index (χ3v) is 2.98. The van der Waals surface area contributed by atoms with Crippen molar-refractivity contribution in [2.24, 2.45) is 0 Å². The van der Waals surface area contributed by atoms with E-state index in [1.807, 2.05) is 36.5 Å². The first kappa shape index (κ1) is 10.4. The van der Waals surface area contributed by atoms with Gasteiger partial charge in [0.25, 0.3) is 0 Å². The predicted molar refractivity (Wildman–Crippen MR) is 70.3 cm³/mol. The Labute approximate surface area is 104 Å². The van der Waals surface area contributed by atoms with Gasteiger partial charge in [0.2, 0.25) is 0 Å². The van der Waals surface area contributed by atoms with Gasteiger partial charge >= 0.3 is 0 Å². The molecule has 0 saturated heterocycles. The Bertz CT molecular complexity index is 644. The number of hydrogen-bond donors (Lipinski definition) is 0. The lowest BCUT2D eigenvalue weighted by molar-refractivity contribution is 0.825. The molecule has 2 nitrogen and oxygen atoms in total. The van der Waals surface area contributed by atoms with Gasteiger partial charge in [-0.25, -0.2) is 4.98 Å². The molecule has 0 aliphatic carbocycles. The maximum absolute atomic E-state index is 5.93. The minimum Gasteiger partial charge on any atom is -0.328 e. The molecule has 0 unspecified atom stereocenters. The second kappa shape index (κ2) is 4.22. The highest BCUT2D eigenvalue weighted by Crippen LogP contribution is 2.17. The number of hydrogen-bond acceptors (Lipinski definition) is 1. The summed E-state index contributed by atoms with van der Waals surface area (Å²) >= 11 is 5.93. The van der Waals surface area contributed by atoms with Crippen LogP contribution in [-0.2, 0) is 6.54 Å². The summed E-state index contributed by atoms with van der Waals surface area (Å²) in [5, 5.41) is 1.65. The zero-order chi connectivity index (χ0) is 11.7. The molecule has 0 N–H and O–H groups in total. The van der Waals surface area contributed by atoms with E-state index in [1.165, 1.54) is 5.56 Å². The van der Waals surface area contributed by atoms with E-state index in [0.29, 0.717) is 5.15 Å². The van der Waals surface area contributed by atoms with Gasteiger partial charge in [0.15, 0.2) is 0 Å². The zero-order valence-corrected chi connectivity index (χ0v) is 9.93. The van der Waals surface area contributed by atoms with Gasteiger partial charge < -0.3 is 4.57 Å². The van der Waals surface area contributed by atoms with Crippen LogP contribution in [0.4, 0.5) is 0 Å². The largest absolute Gasteiger partial charge is 0.328 e.